The van der Waals surface area contributed by atoms with Gasteiger partial charge in [0.05, 0.1) is 33.4 Å². The van der Waals surface area contributed by atoms with Crippen LogP contribution >= 0.6 is 0 Å². The van der Waals surface area contributed by atoms with Crippen LogP contribution in [0.3, 0.4) is 0 Å². The summed E-state index contributed by atoms with van der Waals surface area (Å²) in [7, 11) is 4.51. The molecule has 4 nitrogen and oxygen atoms in total. The molecule has 0 aromatic heterocycles. The van der Waals surface area contributed by atoms with Gasteiger partial charge < -0.3 is 14.0 Å². The average molecular weight is 567 g/mol. The smallest absolute Gasteiger partial charge is 0.305 e. The van der Waals surface area contributed by atoms with Crippen LogP contribution in [-0.4, -0.2) is 43.8 Å². The molecule has 0 saturated carbocycles. The van der Waals surface area contributed by atoms with Gasteiger partial charge in [0.25, 0.3) is 0 Å². The number of ether oxygens (including phenoxy) is 2. The van der Waals surface area contributed by atoms with Gasteiger partial charge in [0.1, 0.15) is 12.3 Å². The summed E-state index contributed by atoms with van der Waals surface area (Å²) in [5.41, 5.74) is 2.64. The van der Waals surface area contributed by atoms with E-state index in [9.17, 15) is 4.79 Å². The van der Waals surface area contributed by atoms with Gasteiger partial charge in [-0.15, -0.1) is 0 Å². The molecule has 0 saturated heterocycles. The molecule has 230 valence electrons. The third-order valence-corrected chi connectivity index (χ3v) is 7.99. The number of para-hydroxylation sites is 1. The van der Waals surface area contributed by atoms with Crippen molar-refractivity contribution in [3.8, 4) is 5.75 Å². The largest absolute Gasteiger partial charge is 0.490 e. The zero-order valence-corrected chi connectivity index (χ0v) is 26.9. The lowest BCUT2D eigenvalue weighted by Gasteiger charge is -2.30. The van der Waals surface area contributed by atoms with Gasteiger partial charge >= 0.3 is 5.97 Å². The lowest BCUT2D eigenvalue weighted by Crippen LogP contribution is -2.39. The standard InChI is InChI=1S/C37H60NO3/c1-5-6-7-8-9-10-11-12-13-14-18-25-35-26-19-20-27-36(35)41-33(2)29-31-40-37(39)28-21-22-30-38(3,4)32-34-23-16-15-17-24-34/h15-17,19-20,23-24,26-27,33H,5-14,18,21-22,25,28-32H2,1-4H3/q+1. The number of esters is 1. The van der Waals surface area contributed by atoms with E-state index >= 15 is 0 Å². The average Bonchev–Trinajstić information content (AvgIpc) is 2.95. The van der Waals surface area contributed by atoms with Crippen molar-refractivity contribution in [3.05, 3.63) is 65.7 Å². The maximum absolute atomic E-state index is 12.3. The molecule has 0 aliphatic heterocycles. The van der Waals surface area contributed by atoms with Crippen LogP contribution in [0.15, 0.2) is 54.6 Å². The molecule has 1 atom stereocenters. The molecule has 0 N–H and O–H groups in total. The molecule has 2 rings (SSSR count). The van der Waals surface area contributed by atoms with Crippen molar-refractivity contribution in [2.45, 2.75) is 129 Å². The van der Waals surface area contributed by atoms with Crippen LogP contribution in [0.4, 0.5) is 0 Å². The highest BCUT2D eigenvalue weighted by atomic mass is 16.5. The van der Waals surface area contributed by atoms with Crippen LogP contribution in [0.1, 0.15) is 121 Å². The first kappa shape index (κ1) is 34.9. The Morgan fingerprint density at radius 1 is 0.756 bits per heavy atom. The van der Waals surface area contributed by atoms with E-state index in [0.29, 0.717) is 19.4 Å². The van der Waals surface area contributed by atoms with Crippen LogP contribution < -0.4 is 4.74 Å². The van der Waals surface area contributed by atoms with Crippen LogP contribution in [0.5, 0.6) is 5.75 Å². The number of rotatable bonds is 24. The molecular formula is C37H60NO3+. The molecule has 0 fully saturated rings. The van der Waals surface area contributed by atoms with E-state index in [2.05, 4.69) is 76.5 Å². The normalized spacial score (nSPS) is 12.3. The van der Waals surface area contributed by atoms with Gasteiger partial charge in [0.15, 0.2) is 0 Å². The summed E-state index contributed by atoms with van der Waals surface area (Å²) in [6.45, 7) is 6.82. The molecule has 0 amide bonds. The van der Waals surface area contributed by atoms with Crippen LogP contribution in [0.25, 0.3) is 0 Å². The van der Waals surface area contributed by atoms with E-state index < -0.39 is 0 Å². The number of benzene rings is 2. The molecule has 1 unspecified atom stereocenters. The molecule has 0 bridgehead atoms. The van der Waals surface area contributed by atoms with E-state index in [0.717, 1.165) is 42.6 Å². The maximum Gasteiger partial charge on any atom is 0.305 e. The van der Waals surface area contributed by atoms with Gasteiger partial charge in [-0.05, 0) is 44.2 Å². The van der Waals surface area contributed by atoms with Crippen molar-refractivity contribution in [3.63, 3.8) is 0 Å². The third-order valence-electron chi connectivity index (χ3n) is 7.99. The van der Waals surface area contributed by atoms with Crippen LogP contribution in [0.2, 0.25) is 0 Å². The summed E-state index contributed by atoms with van der Waals surface area (Å²) in [5.74, 6) is 0.886. The number of quaternary nitrogens is 1. The summed E-state index contributed by atoms with van der Waals surface area (Å²) in [5, 5.41) is 0. The number of hydrogen-bond donors (Lipinski definition) is 0. The van der Waals surface area contributed by atoms with Crippen molar-refractivity contribution in [2.75, 3.05) is 27.2 Å². The highest BCUT2D eigenvalue weighted by Crippen LogP contribution is 2.23. The van der Waals surface area contributed by atoms with E-state index in [1.165, 1.54) is 81.8 Å². The predicted molar refractivity (Wildman–Crippen MR) is 173 cm³/mol. The minimum absolute atomic E-state index is 0.0114. The summed E-state index contributed by atoms with van der Waals surface area (Å²) < 4.78 is 12.7. The Morgan fingerprint density at radius 2 is 1.37 bits per heavy atom. The zero-order valence-electron chi connectivity index (χ0n) is 26.9. The van der Waals surface area contributed by atoms with Gasteiger partial charge in [0, 0.05) is 18.4 Å². The van der Waals surface area contributed by atoms with Crippen LogP contribution in [-0.2, 0) is 22.5 Å². The Labute approximate surface area is 252 Å². The first-order chi connectivity index (χ1) is 19.9. The quantitative estimate of drug-likeness (QED) is 0.0721. The first-order valence-electron chi connectivity index (χ1n) is 16.7. The zero-order chi connectivity index (χ0) is 29.6. The topological polar surface area (TPSA) is 35.5 Å². The fourth-order valence-electron chi connectivity index (χ4n) is 5.46. The minimum atomic E-state index is -0.0949. The molecule has 0 aliphatic carbocycles. The summed E-state index contributed by atoms with van der Waals surface area (Å²) in [6.07, 6.45) is 19.1. The Balaban J connectivity index is 1.54. The number of aryl methyl sites for hydroxylation is 1. The van der Waals surface area contributed by atoms with Crippen molar-refractivity contribution in [2.24, 2.45) is 0 Å². The number of unbranched alkanes of at least 4 members (excludes halogenated alkanes) is 11. The van der Waals surface area contributed by atoms with Crippen molar-refractivity contribution in [1.82, 2.24) is 0 Å². The monoisotopic (exact) mass is 566 g/mol. The molecule has 0 aliphatic rings. The van der Waals surface area contributed by atoms with E-state index in [-0.39, 0.29) is 12.1 Å². The fourth-order valence-corrected chi connectivity index (χ4v) is 5.46. The van der Waals surface area contributed by atoms with Gasteiger partial charge in [-0.3, -0.25) is 4.79 Å². The van der Waals surface area contributed by atoms with Crippen LogP contribution in [0, 0.1) is 0 Å². The van der Waals surface area contributed by atoms with Gasteiger partial charge in [-0.25, -0.2) is 0 Å². The molecule has 41 heavy (non-hydrogen) atoms. The molecule has 0 heterocycles. The summed E-state index contributed by atoms with van der Waals surface area (Å²) >= 11 is 0. The SMILES string of the molecule is CCCCCCCCCCCCCc1ccccc1OC(C)CCOC(=O)CCCC[N+](C)(C)Cc1ccccc1. The van der Waals surface area contributed by atoms with Gasteiger partial charge in [0.2, 0.25) is 0 Å². The highest BCUT2D eigenvalue weighted by molar-refractivity contribution is 5.69. The molecule has 4 heteroatoms. The van der Waals surface area contributed by atoms with Gasteiger partial charge in [-0.2, -0.15) is 0 Å². The predicted octanol–water partition coefficient (Wildman–Crippen LogP) is 9.69. The first-order valence-corrected chi connectivity index (χ1v) is 16.7. The third kappa shape index (κ3) is 17.3. The Hall–Kier alpha value is -2.33. The van der Waals surface area contributed by atoms with Crippen molar-refractivity contribution in [1.29, 1.82) is 0 Å². The van der Waals surface area contributed by atoms with E-state index in [1.54, 1.807) is 0 Å². The van der Waals surface area contributed by atoms with Crippen molar-refractivity contribution >= 4 is 5.97 Å². The number of carbonyl (C=O) groups is 1. The number of carbonyl (C=O) groups excluding carboxylic acids is 1. The Kier molecular flexibility index (Phi) is 18.2. The minimum Gasteiger partial charge on any atom is -0.490 e. The Bertz CT molecular complexity index is 927. The lowest BCUT2D eigenvalue weighted by atomic mass is 10.0. The van der Waals surface area contributed by atoms with Gasteiger partial charge in [-0.1, -0.05) is 120 Å². The molecule has 2 aromatic carbocycles. The second-order valence-electron chi connectivity index (χ2n) is 12.6. The molecular weight excluding hydrogens is 506 g/mol. The van der Waals surface area contributed by atoms with E-state index in [4.69, 9.17) is 9.47 Å². The number of hydrogen-bond acceptors (Lipinski definition) is 3. The maximum atomic E-state index is 12.3. The lowest BCUT2D eigenvalue weighted by molar-refractivity contribution is -0.903. The molecule has 0 radical (unpaired) electrons. The molecule has 2 aromatic rings. The fraction of sp³-hybridized carbons (Fsp3) is 0.649. The molecule has 0 spiro atoms. The Morgan fingerprint density at radius 3 is 2.05 bits per heavy atom. The second kappa shape index (κ2) is 21.4. The second-order valence-corrected chi connectivity index (χ2v) is 12.6. The van der Waals surface area contributed by atoms with Crippen molar-refractivity contribution < 1.29 is 18.8 Å². The summed E-state index contributed by atoms with van der Waals surface area (Å²) in [4.78, 5) is 12.3. The summed E-state index contributed by atoms with van der Waals surface area (Å²) in [6, 6.07) is 19.0. The van der Waals surface area contributed by atoms with E-state index in [1.807, 2.05) is 6.07 Å². The number of nitrogens with zero attached hydrogens (tertiary/aromatic N) is 1. The highest BCUT2D eigenvalue weighted by Gasteiger charge is 2.16.